The van der Waals surface area contributed by atoms with E-state index in [2.05, 4.69) is 22.4 Å². The topological polar surface area (TPSA) is 60.2 Å². The molecule has 2 rings (SSSR count). The van der Waals surface area contributed by atoms with Crippen molar-refractivity contribution in [3.8, 4) is 11.5 Å². The zero-order valence-electron chi connectivity index (χ0n) is 11.8. The van der Waals surface area contributed by atoms with Crippen LogP contribution in [0.4, 0.5) is 0 Å². The average molecular weight is 275 g/mol. The Morgan fingerprint density at radius 2 is 2.00 bits per heavy atom. The molecule has 0 aliphatic heterocycles. The van der Waals surface area contributed by atoms with Crippen molar-refractivity contribution in [2.45, 2.75) is 26.3 Å². The molecule has 2 aromatic rings. The van der Waals surface area contributed by atoms with Crippen LogP contribution in [0.3, 0.4) is 0 Å². The third kappa shape index (κ3) is 4.75. The summed E-state index contributed by atoms with van der Waals surface area (Å²) in [7, 11) is 0. The highest BCUT2D eigenvalue weighted by molar-refractivity contribution is 5.51. The first-order valence-corrected chi connectivity index (χ1v) is 7.06. The van der Waals surface area contributed by atoms with Crippen molar-refractivity contribution in [3.05, 3.63) is 36.2 Å². The number of hydrogen-bond donors (Lipinski definition) is 1. The van der Waals surface area contributed by atoms with Crippen molar-refractivity contribution in [1.82, 2.24) is 15.5 Å². The predicted octanol–water partition coefficient (Wildman–Crippen LogP) is 2.64. The standard InChI is InChI=1S/C15H21N3O2/c1-2-10-19-11-6-9-16-12-14-17-18-15(20-14)13-7-4-3-5-8-13/h3-5,7-8,16H,2,6,9-12H2,1H3. The number of nitrogens with one attached hydrogen (secondary N) is 1. The van der Waals surface area contributed by atoms with E-state index in [1.54, 1.807) is 0 Å². The van der Waals surface area contributed by atoms with Gasteiger partial charge in [0.1, 0.15) is 0 Å². The van der Waals surface area contributed by atoms with Gasteiger partial charge < -0.3 is 14.5 Å². The van der Waals surface area contributed by atoms with Crippen LogP contribution in [-0.2, 0) is 11.3 Å². The average Bonchev–Trinajstić information content (AvgIpc) is 2.96. The first-order valence-electron chi connectivity index (χ1n) is 7.06. The molecule has 0 saturated carbocycles. The number of benzene rings is 1. The smallest absolute Gasteiger partial charge is 0.247 e. The molecule has 0 unspecified atom stereocenters. The van der Waals surface area contributed by atoms with Crippen molar-refractivity contribution in [2.24, 2.45) is 0 Å². The van der Waals surface area contributed by atoms with Crippen LogP contribution in [-0.4, -0.2) is 30.0 Å². The summed E-state index contributed by atoms with van der Waals surface area (Å²) in [5.41, 5.74) is 0.944. The van der Waals surface area contributed by atoms with Crippen LogP contribution >= 0.6 is 0 Å². The summed E-state index contributed by atoms with van der Waals surface area (Å²) in [5, 5.41) is 11.3. The van der Waals surface area contributed by atoms with Gasteiger partial charge in [0.05, 0.1) is 6.54 Å². The molecule has 0 fully saturated rings. The van der Waals surface area contributed by atoms with Gasteiger partial charge in [-0.05, 0) is 31.5 Å². The molecule has 20 heavy (non-hydrogen) atoms. The second kappa shape index (κ2) is 8.45. The van der Waals surface area contributed by atoms with E-state index < -0.39 is 0 Å². The van der Waals surface area contributed by atoms with E-state index in [1.165, 1.54) is 0 Å². The van der Waals surface area contributed by atoms with Crippen LogP contribution in [0.1, 0.15) is 25.7 Å². The third-order valence-electron chi connectivity index (χ3n) is 2.75. The minimum atomic E-state index is 0.564. The van der Waals surface area contributed by atoms with Crippen molar-refractivity contribution < 1.29 is 9.15 Å². The molecular weight excluding hydrogens is 254 g/mol. The molecule has 0 spiro atoms. The number of hydrogen-bond acceptors (Lipinski definition) is 5. The Morgan fingerprint density at radius 1 is 1.15 bits per heavy atom. The van der Waals surface area contributed by atoms with E-state index in [9.17, 15) is 0 Å². The molecule has 1 aromatic heterocycles. The fraction of sp³-hybridized carbons (Fsp3) is 0.467. The molecule has 1 aromatic carbocycles. The summed E-state index contributed by atoms with van der Waals surface area (Å²) < 4.78 is 11.0. The van der Waals surface area contributed by atoms with Crippen LogP contribution in [0.15, 0.2) is 34.7 Å². The Morgan fingerprint density at radius 3 is 2.80 bits per heavy atom. The van der Waals surface area contributed by atoms with Gasteiger partial charge in [0.2, 0.25) is 11.8 Å². The maximum atomic E-state index is 5.60. The monoisotopic (exact) mass is 275 g/mol. The SMILES string of the molecule is CCCOCCCNCc1nnc(-c2ccccc2)o1. The van der Waals surface area contributed by atoms with Crippen LogP contribution in [0, 0.1) is 0 Å². The van der Waals surface area contributed by atoms with E-state index in [0.717, 1.165) is 38.2 Å². The molecule has 5 nitrogen and oxygen atoms in total. The van der Waals surface area contributed by atoms with Crippen molar-refractivity contribution in [2.75, 3.05) is 19.8 Å². The predicted molar refractivity (Wildman–Crippen MR) is 77.2 cm³/mol. The zero-order valence-corrected chi connectivity index (χ0v) is 11.8. The lowest BCUT2D eigenvalue weighted by molar-refractivity contribution is 0.132. The summed E-state index contributed by atoms with van der Waals surface area (Å²) in [6, 6.07) is 9.77. The summed E-state index contributed by atoms with van der Waals surface area (Å²) in [6.07, 6.45) is 2.05. The van der Waals surface area contributed by atoms with Gasteiger partial charge in [0.25, 0.3) is 0 Å². The van der Waals surface area contributed by atoms with E-state index in [0.29, 0.717) is 18.3 Å². The van der Waals surface area contributed by atoms with E-state index >= 15 is 0 Å². The van der Waals surface area contributed by atoms with E-state index in [1.807, 2.05) is 30.3 Å². The van der Waals surface area contributed by atoms with Crippen LogP contribution in [0.2, 0.25) is 0 Å². The van der Waals surface area contributed by atoms with E-state index in [4.69, 9.17) is 9.15 Å². The molecule has 0 aliphatic carbocycles. The minimum Gasteiger partial charge on any atom is -0.419 e. The second-order valence-electron chi connectivity index (χ2n) is 4.51. The molecule has 5 heteroatoms. The van der Waals surface area contributed by atoms with Crippen molar-refractivity contribution in [3.63, 3.8) is 0 Å². The molecule has 0 radical (unpaired) electrons. The lowest BCUT2D eigenvalue weighted by Crippen LogP contribution is -2.16. The summed E-state index contributed by atoms with van der Waals surface area (Å²) in [5.74, 6) is 1.17. The highest BCUT2D eigenvalue weighted by Gasteiger charge is 2.07. The van der Waals surface area contributed by atoms with E-state index in [-0.39, 0.29) is 0 Å². The Hall–Kier alpha value is -1.72. The Kier molecular flexibility index (Phi) is 6.20. The van der Waals surface area contributed by atoms with Crippen LogP contribution < -0.4 is 5.32 Å². The third-order valence-corrected chi connectivity index (χ3v) is 2.75. The fourth-order valence-corrected chi connectivity index (χ4v) is 1.76. The highest BCUT2D eigenvalue weighted by atomic mass is 16.5. The number of rotatable bonds is 9. The second-order valence-corrected chi connectivity index (χ2v) is 4.51. The molecule has 0 bridgehead atoms. The lowest BCUT2D eigenvalue weighted by atomic mass is 10.2. The molecule has 108 valence electrons. The molecule has 0 atom stereocenters. The molecular formula is C15H21N3O2. The van der Waals surface area contributed by atoms with Gasteiger partial charge in [-0.3, -0.25) is 0 Å². The maximum Gasteiger partial charge on any atom is 0.247 e. The molecule has 1 N–H and O–H groups in total. The van der Waals surface area contributed by atoms with Gasteiger partial charge in [-0.15, -0.1) is 10.2 Å². The van der Waals surface area contributed by atoms with Gasteiger partial charge in [-0.2, -0.15) is 0 Å². The number of aromatic nitrogens is 2. The van der Waals surface area contributed by atoms with Gasteiger partial charge in [-0.25, -0.2) is 0 Å². The summed E-state index contributed by atoms with van der Waals surface area (Å²) in [4.78, 5) is 0. The first-order chi connectivity index (χ1) is 9.90. The Labute approximate surface area is 119 Å². The van der Waals surface area contributed by atoms with Crippen LogP contribution in [0.5, 0.6) is 0 Å². The van der Waals surface area contributed by atoms with Crippen LogP contribution in [0.25, 0.3) is 11.5 Å². The summed E-state index contributed by atoms with van der Waals surface area (Å²) >= 11 is 0. The van der Waals surface area contributed by atoms with Gasteiger partial charge in [0.15, 0.2) is 0 Å². The van der Waals surface area contributed by atoms with Gasteiger partial charge in [0, 0.05) is 18.8 Å². The van der Waals surface area contributed by atoms with Crippen molar-refractivity contribution in [1.29, 1.82) is 0 Å². The Balaban J connectivity index is 1.69. The molecule has 0 amide bonds. The normalized spacial score (nSPS) is 10.8. The fourth-order valence-electron chi connectivity index (χ4n) is 1.76. The molecule has 0 aliphatic rings. The zero-order chi connectivity index (χ0) is 14.0. The highest BCUT2D eigenvalue weighted by Crippen LogP contribution is 2.16. The Bertz CT molecular complexity index is 485. The molecule has 1 heterocycles. The number of nitrogens with zero attached hydrogens (tertiary/aromatic N) is 2. The van der Waals surface area contributed by atoms with Gasteiger partial charge in [-0.1, -0.05) is 25.1 Å². The number of ether oxygens (including phenoxy) is 1. The largest absolute Gasteiger partial charge is 0.419 e. The minimum absolute atomic E-state index is 0.564. The van der Waals surface area contributed by atoms with Gasteiger partial charge >= 0.3 is 0 Å². The maximum absolute atomic E-state index is 5.60. The summed E-state index contributed by atoms with van der Waals surface area (Å²) in [6.45, 7) is 5.21. The van der Waals surface area contributed by atoms with Crippen molar-refractivity contribution >= 4 is 0 Å². The molecule has 0 saturated heterocycles. The lowest BCUT2D eigenvalue weighted by Gasteiger charge is -2.02. The first kappa shape index (κ1) is 14.7. The quantitative estimate of drug-likeness (QED) is 0.713.